The van der Waals surface area contributed by atoms with Gasteiger partial charge >= 0.3 is 30.1 Å². The summed E-state index contributed by atoms with van der Waals surface area (Å²) in [6.45, 7) is 31.1. The summed E-state index contributed by atoms with van der Waals surface area (Å²) in [7, 11) is -4.99. The highest BCUT2D eigenvalue weighted by Crippen LogP contribution is 2.54. The average molecular weight is 1160 g/mol. The van der Waals surface area contributed by atoms with Gasteiger partial charge in [0.25, 0.3) is 16.6 Å². The fraction of sp³-hybridized carbons (Fsp3) is 0.478. The zero-order valence-corrected chi connectivity index (χ0v) is 53.5. The molecule has 82 heavy (non-hydrogen) atoms. The van der Waals surface area contributed by atoms with Gasteiger partial charge in [-0.3, -0.25) is 9.59 Å². The maximum absolute atomic E-state index is 13.8. The minimum absolute atomic E-state index is 0.0278. The highest BCUT2D eigenvalue weighted by molar-refractivity contribution is 6.81. The van der Waals surface area contributed by atoms with Crippen LogP contribution in [0.2, 0.25) is 32.2 Å². The van der Waals surface area contributed by atoms with Crippen molar-refractivity contribution in [2.75, 3.05) is 0 Å². The first-order chi connectivity index (χ1) is 38.8. The van der Waals surface area contributed by atoms with Gasteiger partial charge in [0, 0.05) is 12.8 Å². The Balaban J connectivity index is 0.000000333. The molecule has 5 rings (SSSR count). The van der Waals surface area contributed by atoms with Crippen molar-refractivity contribution in [3.8, 4) is 0 Å². The predicted octanol–water partition coefficient (Wildman–Crippen LogP) is 15.5. The van der Waals surface area contributed by atoms with Gasteiger partial charge in [-0.25, -0.2) is 14.4 Å². The minimum atomic E-state index is -2.61. The van der Waals surface area contributed by atoms with Crippen LogP contribution in [0.1, 0.15) is 150 Å². The molecule has 0 spiro atoms. The third-order valence-corrected chi connectivity index (χ3v) is 29.3. The molecule has 0 bridgehead atoms. The first-order valence-corrected chi connectivity index (χ1v) is 33.4. The number of benzene rings is 5. The van der Waals surface area contributed by atoms with Crippen LogP contribution in [0.4, 0.5) is 9.59 Å². The van der Waals surface area contributed by atoms with Crippen LogP contribution in [0.15, 0.2) is 152 Å². The lowest BCUT2D eigenvalue weighted by molar-refractivity contribution is -0.139. The van der Waals surface area contributed by atoms with Crippen molar-refractivity contribution in [1.29, 1.82) is 0 Å². The number of nitrogens with one attached hydrogen (secondary N) is 2. The Morgan fingerprint density at radius 1 is 0.439 bits per heavy atom. The average Bonchev–Trinajstić information content (AvgIpc) is 3.65. The van der Waals surface area contributed by atoms with Gasteiger partial charge in [-0.15, -0.1) is 0 Å². The number of amides is 2. The van der Waals surface area contributed by atoms with E-state index in [2.05, 4.69) is 108 Å². The molecule has 2 amide bonds. The van der Waals surface area contributed by atoms with Gasteiger partial charge in [0.15, 0.2) is 0 Å². The van der Waals surface area contributed by atoms with E-state index in [4.69, 9.17) is 24.1 Å². The van der Waals surface area contributed by atoms with E-state index in [0.717, 1.165) is 53.5 Å². The molecule has 5 N–H and O–H groups in total. The summed E-state index contributed by atoms with van der Waals surface area (Å²) in [5, 5.41) is 14.2. The van der Waals surface area contributed by atoms with Gasteiger partial charge in [0.2, 0.25) is 0 Å². The Hall–Kier alpha value is -6.56. The molecule has 0 heterocycles. The van der Waals surface area contributed by atoms with Crippen LogP contribution in [0, 0.1) is 0 Å². The molecule has 0 aliphatic heterocycles. The second-order valence-corrected chi connectivity index (χ2v) is 34.2. The summed E-state index contributed by atoms with van der Waals surface area (Å²) >= 11 is 0. The monoisotopic (exact) mass is 1160 g/mol. The zero-order valence-electron chi connectivity index (χ0n) is 51.5. The van der Waals surface area contributed by atoms with E-state index >= 15 is 0 Å². The van der Waals surface area contributed by atoms with Gasteiger partial charge in [-0.2, -0.15) is 0 Å². The van der Waals surface area contributed by atoms with Gasteiger partial charge < -0.3 is 39.8 Å². The van der Waals surface area contributed by atoms with E-state index in [1.54, 1.807) is 0 Å². The predicted molar refractivity (Wildman–Crippen MR) is 335 cm³/mol. The lowest BCUT2D eigenvalue weighted by Crippen LogP contribution is -2.58. The number of alkyl carbamates (subject to hydrolysis) is 2. The molecule has 0 radical (unpaired) electrons. The van der Waals surface area contributed by atoms with Gasteiger partial charge in [-0.05, 0) is 66.5 Å². The van der Waals surface area contributed by atoms with E-state index in [0.29, 0.717) is 23.9 Å². The van der Waals surface area contributed by atoms with Gasteiger partial charge in [0.1, 0.15) is 31.3 Å². The maximum Gasteiger partial charge on any atom is 0.408 e. The van der Waals surface area contributed by atoms with Crippen molar-refractivity contribution >= 4 is 46.7 Å². The Morgan fingerprint density at radius 2 is 0.707 bits per heavy atom. The van der Waals surface area contributed by atoms with Crippen molar-refractivity contribution in [3.05, 3.63) is 179 Å². The Morgan fingerprint density at radius 3 is 1.00 bits per heavy atom. The Bertz CT molecular complexity index is 2630. The number of carboxylic acids is 1. The number of carbonyl (C=O) groups is 5. The fourth-order valence-electron chi connectivity index (χ4n) is 11.2. The van der Waals surface area contributed by atoms with Crippen molar-refractivity contribution in [2.45, 2.75) is 205 Å². The molecule has 0 saturated heterocycles. The molecule has 5 aromatic rings. The standard InChI is InChI=1S/C29H43NO4Si.C21H37NO2Si.C17H17NO4/c1-8-22(3)35(23(4)9-2,29(5,6)7)34-27(31)26(20-24-16-12-10-13-17-24)30-28(32)33-21-25-18-14-11-15-19-25;1-8-16(3)25(17(4)9-2,21(5,6)7)24-20(23)19(22)15-18-13-11-10-12-14-18;19-16(20)15(11-13-7-3-1-4-8-13)18-17(21)22-12-14-9-5-2-6-10-14/h10-19,22-23,26H,8-9,20-21H2,1-7H3,(H,30,32);10-14,16-17,19H,8-9,15,22H2,1-7H3;1-10,15H,11-12H2,(H,18,21)(H,19,20)/t22?,23?,26-,35?;16?,17?,19-,25?;15-/m000/s1. The molecule has 0 aliphatic carbocycles. The lowest BCUT2D eigenvalue weighted by Gasteiger charge is -2.49. The third kappa shape index (κ3) is 21.0. The van der Waals surface area contributed by atoms with E-state index in [-0.39, 0.29) is 52.7 Å². The first-order valence-electron chi connectivity index (χ1n) is 29.3. The molecule has 0 aliphatic rings. The van der Waals surface area contributed by atoms with Crippen LogP contribution in [-0.2, 0) is 65.2 Å². The number of rotatable bonds is 25. The van der Waals surface area contributed by atoms with Crippen LogP contribution < -0.4 is 16.4 Å². The molecule has 0 saturated carbocycles. The maximum atomic E-state index is 13.8. The molecule has 0 aromatic heterocycles. The molecule has 5 aromatic carbocycles. The molecular formula is C67H97N3O10Si2. The quantitative estimate of drug-likeness (QED) is 0.0407. The highest BCUT2D eigenvalue weighted by atomic mass is 28.4. The Kier molecular flexibility index (Phi) is 29.0. The van der Waals surface area contributed by atoms with Gasteiger partial charge in [-0.1, -0.05) is 274 Å². The van der Waals surface area contributed by atoms with Crippen LogP contribution in [-0.4, -0.2) is 70.0 Å². The summed E-state index contributed by atoms with van der Waals surface area (Å²) in [5.74, 6) is -1.70. The molecule has 0 fully saturated rings. The number of aliphatic carboxylic acids is 1. The zero-order chi connectivity index (χ0) is 61.1. The summed E-state index contributed by atoms with van der Waals surface area (Å²) < 4.78 is 23.5. The molecule has 7 atom stereocenters. The molecule has 15 heteroatoms. The van der Waals surface area contributed by atoms with Crippen molar-refractivity contribution < 1.29 is 47.4 Å². The number of carboxylic acid groups (broad SMARTS) is 1. The molecule has 13 nitrogen and oxygen atoms in total. The fourth-order valence-corrected chi connectivity index (χ4v) is 23.8. The molecular weight excluding hydrogens is 1060 g/mol. The number of ether oxygens (including phenoxy) is 2. The van der Waals surface area contributed by atoms with E-state index < -0.39 is 52.9 Å². The Labute approximate surface area is 493 Å². The summed E-state index contributed by atoms with van der Waals surface area (Å²) in [6, 6.07) is 45.0. The van der Waals surface area contributed by atoms with Crippen LogP contribution in [0.3, 0.4) is 0 Å². The van der Waals surface area contributed by atoms with Crippen molar-refractivity contribution in [2.24, 2.45) is 5.73 Å². The first kappa shape index (κ1) is 69.7. The van der Waals surface area contributed by atoms with Crippen LogP contribution >= 0.6 is 0 Å². The lowest BCUT2D eigenvalue weighted by atomic mass is 10.1. The number of carbonyl (C=O) groups excluding carboxylic acids is 4. The van der Waals surface area contributed by atoms with Gasteiger partial charge in [0.05, 0.1) is 0 Å². The summed E-state index contributed by atoms with van der Waals surface area (Å²) in [4.78, 5) is 62.4. The van der Waals surface area contributed by atoms with Crippen LogP contribution in [0.5, 0.6) is 0 Å². The third-order valence-electron chi connectivity index (χ3n) is 16.0. The largest absolute Gasteiger partial charge is 0.517 e. The van der Waals surface area contributed by atoms with E-state index in [1.165, 1.54) is 0 Å². The molecule has 448 valence electrons. The molecule has 4 unspecified atom stereocenters. The smallest absolute Gasteiger partial charge is 0.408 e. The van der Waals surface area contributed by atoms with E-state index in [9.17, 15) is 29.1 Å². The normalized spacial score (nSPS) is 15.4. The SMILES string of the molecule is CCC(C)[Si](OC(=O)[C@@H](N)Cc1ccccc1)(C(C)CC)C(C)(C)C.CCC(C)[Si](OC(=O)[C@H](Cc1ccccc1)NC(=O)OCc1ccccc1)(C(C)CC)C(C)(C)C.O=C(N[C@@H](Cc1ccccc1)C(=O)O)OCc1ccccc1. The van der Waals surface area contributed by atoms with Crippen LogP contribution in [0.25, 0.3) is 0 Å². The number of nitrogens with two attached hydrogens (primary N) is 1. The number of hydrogen-bond acceptors (Lipinski definition) is 10. The minimum Gasteiger partial charge on any atom is -0.517 e. The second kappa shape index (κ2) is 34.1. The number of hydrogen-bond donors (Lipinski definition) is 4. The van der Waals surface area contributed by atoms with Crippen molar-refractivity contribution in [1.82, 2.24) is 10.6 Å². The second-order valence-electron chi connectivity index (χ2n) is 23.7. The van der Waals surface area contributed by atoms with Crippen molar-refractivity contribution in [3.63, 3.8) is 0 Å². The summed E-state index contributed by atoms with van der Waals surface area (Å²) in [5.41, 5.74) is 12.2. The topological polar surface area (TPSA) is 193 Å². The summed E-state index contributed by atoms with van der Waals surface area (Å²) in [6.07, 6.45) is 3.63. The van der Waals surface area contributed by atoms with E-state index in [1.807, 2.05) is 152 Å². The highest BCUT2D eigenvalue weighted by Gasteiger charge is 2.58.